The summed E-state index contributed by atoms with van der Waals surface area (Å²) in [6.07, 6.45) is 0.948. The van der Waals surface area contributed by atoms with Crippen molar-refractivity contribution in [1.29, 1.82) is 0 Å². The van der Waals surface area contributed by atoms with Crippen molar-refractivity contribution in [1.82, 2.24) is 5.32 Å². The minimum atomic E-state index is -0.192. The number of hydrogen-bond donors (Lipinski definition) is 1. The third kappa shape index (κ3) is 3.63. The number of carbonyl (C=O) groups is 1. The summed E-state index contributed by atoms with van der Waals surface area (Å²) < 4.78 is 10.4. The molecule has 0 saturated carbocycles. The molecule has 0 fully saturated rings. The van der Waals surface area contributed by atoms with Crippen molar-refractivity contribution in [3.8, 4) is 11.5 Å². The highest BCUT2D eigenvalue weighted by Gasteiger charge is 2.18. The van der Waals surface area contributed by atoms with Crippen molar-refractivity contribution >= 4 is 21.8 Å². The van der Waals surface area contributed by atoms with Crippen molar-refractivity contribution in [3.63, 3.8) is 0 Å². The van der Waals surface area contributed by atoms with E-state index in [1.807, 2.05) is 0 Å². The average Bonchev–Trinajstić information content (AvgIpc) is 2.43. The fourth-order valence-electron chi connectivity index (χ4n) is 1.51. The van der Waals surface area contributed by atoms with Crippen LogP contribution in [0.3, 0.4) is 0 Å². The summed E-state index contributed by atoms with van der Waals surface area (Å²) in [6, 6.07) is 5.26. The van der Waals surface area contributed by atoms with Crippen molar-refractivity contribution in [2.75, 3.05) is 20.8 Å². The van der Waals surface area contributed by atoms with Crippen LogP contribution in [0.25, 0.3) is 0 Å². The molecule has 1 rings (SSSR count). The fourth-order valence-corrected chi connectivity index (χ4v) is 1.67. The molecule has 0 spiro atoms. The summed E-state index contributed by atoms with van der Waals surface area (Å²) in [5.41, 5.74) is 0.429. The van der Waals surface area contributed by atoms with Gasteiger partial charge in [0.2, 0.25) is 0 Å². The van der Waals surface area contributed by atoms with Gasteiger partial charge >= 0.3 is 0 Å². The number of ether oxygens (including phenoxy) is 2. The quantitative estimate of drug-likeness (QED) is 0.821. The molecule has 0 aromatic heterocycles. The molecule has 1 atom stereocenters. The minimum absolute atomic E-state index is 0.192. The molecule has 0 saturated heterocycles. The Morgan fingerprint density at radius 2 is 1.89 bits per heavy atom. The van der Waals surface area contributed by atoms with Gasteiger partial charge in [0.05, 0.1) is 14.2 Å². The number of alkyl halides is 1. The number of hydrogen-bond acceptors (Lipinski definition) is 3. The van der Waals surface area contributed by atoms with Gasteiger partial charge in [0.25, 0.3) is 5.91 Å². The first-order valence-electron chi connectivity index (χ1n) is 5.77. The molecule has 1 amide bonds. The predicted molar refractivity (Wildman–Crippen MR) is 74.9 cm³/mol. The second kappa shape index (κ2) is 7.26. The Hall–Kier alpha value is -1.23. The normalized spacial score (nSPS) is 11.8. The van der Waals surface area contributed by atoms with Crippen molar-refractivity contribution < 1.29 is 14.3 Å². The summed E-state index contributed by atoms with van der Waals surface area (Å²) in [5, 5.41) is 2.85. The van der Waals surface area contributed by atoms with Gasteiger partial charge in [-0.3, -0.25) is 4.79 Å². The summed E-state index contributed by atoms with van der Waals surface area (Å²) in [6.45, 7) is 2.62. The Morgan fingerprint density at radius 3 is 2.33 bits per heavy atom. The van der Waals surface area contributed by atoms with Gasteiger partial charge in [0.1, 0.15) is 17.1 Å². The van der Waals surface area contributed by atoms with E-state index in [0.29, 0.717) is 23.6 Å². The van der Waals surface area contributed by atoms with Crippen molar-refractivity contribution in [2.24, 2.45) is 0 Å². The van der Waals surface area contributed by atoms with Crippen LogP contribution >= 0.6 is 15.9 Å². The monoisotopic (exact) mass is 315 g/mol. The van der Waals surface area contributed by atoms with Crippen LogP contribution in [0.1, 0.15) is 23.7 Å². The smallest absolute Gasteiger partial charge is 0.258 e. The first-order valence-corrected chi connectivity index (χ1v) is 6.68. The van der Waals surface area contributed by atoms with E-state index in [2.05, 4.69) is 28.2 Å². The van der Waals surface area contributed by atoms with Gasteiger partial charge in [0, 0.05) is 11.4 Å². The zero-order valence-electron chi connectivity index (χ0n) is 10.8. The highest BCUT2D eigenvalue weighted by molar-refractivity contribution is 9.09. The lowest BCUT2D eigenvalue weighted by Gasteiger charge is -2.14. The number of methoxy groups -OCH3 is 2. The summed E-state index contributed by atoms with van der Waals surface area (Å²) >= 11 is 3.47. The molecule has 5 heteroatoms. The fraction of sp³-hybridized carbons (Fsp3) is 0.462. The van der Waals surface area contributed by atoms with Gasteiger partial charge in [-0.2, -0.15) is 0 Å². The van der Waals surface area contributed by atoms with Crippen LogP contribution in [-0.4, -0.2) is 31.5 Å². The maximum absolute atomic E-state index is 12.1. The summed E-state index contributed by atoms with van der Waals surface area (Å²) in [7, 11) is 3.07. The van der Waals surface area contributed by atoms with E-state index in [-0.39, 0.29) is 10.7 Å². The van der Waals surface area contributed by atoms with E-state index in [4.69, 9.17) is 9.47 Å². The zero-order valence-corrected chi connectivity index (χ0v) is 12.4. The molecule has 4 nitrogen and oxygen atoms in total. The molecule has 0 aliphatic rings. The Morgan fingerprint density at radius 1 is 1.33 bits per heavy atom. The summed E-state index contributed by atoms with van der Waals surface area (Å²) in [4.78, 5) is 12.4. The van der Waals surface area contributed by atoms with Gasteiger partial charge in [-0.1, -0.05) is 28.9 Å². The lowest BCUT2D eigenvalue weighted by atomic mass is 10.1. The number of carbonyl (C=O) groups excluding carboxylic acids is 1. The van der Waals surface area contributed by atoms with Crippen LogP contribution in [0.5, 0.6) is 11.5 Å². The Labute approximate surface area is 116 Å². The van der Waals surface area contributed by atoms with E-state index >= 15 is 0 Å². The lowest BCUT2D eigenvalue weighted by molar-refractivity contribution is 0.0947. The molecule has 0 heterocycles. The van der Waals surface area contributed by atoms with E-state index in [9.17, 15) is 4.79 Å². The first kappa shape index (κ1) is 14.8. The van der Waals surface area contributed by atoms with Crippen molar-refractivity contribution in [2.45, 2.75) is 18.2 Å². The molecule has 18 heavy (non-hydrogen) atoms. The SMILES string of the molecule is CCC(Br)CNC(=O)c1c(OC)cccc1OC. The highest BCUT2D eigenvalue weighted by atomic mass is 79.9. The Balaban J connectivity index is 2.89. The summed E-state index contributed by atoms with van der Waals surface area (Å²) in [5.74, 6) is 0.825. The largest absolute Gasteiger partial charge is 0.496 e. The molecule has 0 bridgehead atoms. The van der Waals surface area contributed by atoms with E-state index in [1.165, 1.54) is 14.2 Å². The number of amides is 1. The number of halogens is 1. The molecule has 100 valence electrons. The second-order valence-electron chi connectivity index (χ2n) is 3.75. The van der Waals surface area contributed by atoms with Gasteiger partial charge < -0.3 is 14.8 Å². The number of nitrogens with one attached hydrogen (secondary N) is 1. The second-order valence-corrected chi connectivity index (χ2v) is 5.05. The van der Waals surface area contributed by atoms with Crippen LogP contribution < -0.4 is 14.8 Å². The molecule has 1 aromatic rings. The van der Waals surface area contributed by atoms with Crippen LogP contribution in [0, 0.1) is 0 Å². The standard InChI is InChI=1S/C13H18BrNO3/c1-4-9(14)8-15-13(16)12-10(17-2)6-5-7-11(12)18-3/h5-7,9H,4,8H2,1-3H3,(H,15,16). The predicted octanol–water partition coefficient (Wildman–Crippen LogP) is 2.61. The maximum Gasteiger partial charge on any atom is 0.258 e. The van der Waals surface area contributed by atoms with E-state index in [0.717, 1.165) is 6.42 Å². The van der Waals surface area contributed by atoms with Gasteiger partial charge in [-0.05, 0) is 18.6 Å². The van der Waals surface area contributed by atoms with E-state index in [1.54, 1.807) is 18.2 Å². The van der Waals surface area contributed by atoms with E-state index < -0.39 is 0 Å². The lowest BCUT2D eigenvalue weighted by Crippen LogP contribution is -2.29. The van der Waals surface area contributed by atoms with Gasteiger partial charge in [-0.15, -0.1) is 0 Å². The molecular formula is C13H18BrNO3. The van der Waals surface area contributed by atoms with Crippen LogP contribution in [0.2, 0.25) is 0 Å². The maximum atomic E-state index is 12.1. The van der Waals surface area contributed by atoms with Gasteiger partial charge in [-0.25, -0.2) is 0 Å². The molecular weight excluding hydrogens is 298 g/mol. The van der Waals surface area contributed by atoms with Crippen LogP contribution in [-0.2, 0) is 0 Å². The highest BCUT2D eigenvalue weighted by Crippen LogP contribution is 2.27. The Bertz CT molecular complexity index is 387. The van der Waals surface area contributed by atoms with Crippen LogP contribution in [0.4, 0.5) is 0 Å². The first-order chi connectivity index (χ1) is 8.63. The topological polar surface area (TPSA) is 47.6 Å². The molecule has 1 unspecified atom stereocenters. The molecule has 0 aliphatic heterocycles. The molecule has 1 N–H and O–H groups in total. The zero-order chi connectivity index (χ0) is 13.5. The third-order valence-corrected chi connectivity index (χ3v) is 3.55. The molecule has 1 aromatic carbocycles. The van der Waals surface area contributed by atoms with Gasteiger partial charge in [0.15, 0.2) is 0 Å². The van der Waals surface area contributed by atoms with Crippen molar-refractivity contribution in [3.05, 3.63) is 23.8 Å². The third-order valence-electron chi connectivity index (χ3n) is 2.58. The minimum Gasteiger partial charge on any atom is -0.496 e. The number of rotatable bonds is 6. The number of benzene rings is 1. The average molecular weight is 316 g/mol. The van der Waals surface area contributed by atoms with Crippen LogP contribution in [0.15, 0.2) is 18.2 Å². The Kier molecular flexibility index (Phi) is 5.98. The molecule has 0 aliphatic carbocycles. The molecule has 0 radical (unpaired) electrons.